The first-order valence-electron chi connectivity index (χ1n) is 11.3. The molecule has 0 radical (unpaired) electrons. The van der Waals surface area contributed by atoms with Crippen molar-refractivity contribution >= 4 is 16.1 Å². The molecular weight excluding hydrogens is 392 g/mol. The molecule has 1 unspecified atom stereocenters. The molecule has 1 amide bonds. The van der Waals surface area contributed by atoms with E-state index in [-0.39, 0.29) is 17.9 Å². The van der Waals surface area contributed by atoms with Gasteiger partial charge in [0, 0.05) is 44.7 Å². The Bertz CT molecular complexity index is 630. The summed E-state index contributed by atoms with van der Waals surface area (Å²) in [6.45, 7) is 10.6. The highest BCUT2D eigenvalue weighted by molar-refractivity contribution is 7.86. The number of likely N-dealkylation sites (tertiary alicyclic amines) is 1. The lowest BCUT2D eigenvalue weighted by molar-refractivity contribution is -0.137. The number of carbonyl (C=O) groups is 1. The molecule has 0 aromatic heterocycles. The summed E-state index contributed by atoms with van der Waals surface area (Å²) in [5.74, 6) is 0.0649. The second-order valence-corrected chi connectivity index (χ2v) is 10.7. The van der Waals surface area contributed by atoms with Gasteiger partial charge in [0.15, 0.2) is 0 Å². The lowest BCUT2D eigenvalue weighted by Gasteiger charge is -2.41. The summed E-state index contributed by atoms with van der Waals surface area (Å²) in [5, 5.41) is 0. The minimum absolute atomic E-state index is 0.0342. The van der Waals surface area contributed by atoms with Gasteiger partial charge in [0.2, 0.25) is 5.91 Å². The summed E-state index contributed by atoms with van der Waals surface area (Å²) < 4.78 is 34.6. The SMILES string of the molecule is CC(C)C(=O)N(CCCN1CCCC1)C1CCCN(S(=O)(=O)N2CCOCC2)C1. The normalized spacial score (nSPS) is 25.6. The standard InChI is InChI=1S/C20H38N4O4S/c1-18(2)20(25)24(12-6-10-21-8-3-4-9-21)19-7-5-11-23(17-19)29(26,27)22-13-15-28-16-14-22/h18-19H,3-17H2,1-2H3. The number of rotatable bonds is 8. The molecule has 0 aromatic carbocycles. The van der Waals surface area contributed by atoms with E-state index in [4.69, 9.17) is 4.74 Å². The highest BCUT2D eigenvalue weighted by atomic mass is 32.2. The first kappa shape index (κ1) is 22.9. The molecule has 0 spiro atoms. The van der Waals surface area contributed by atoms with Gasteiger partial charge in [0.05, 0.1) is 13.2 Å². The molecule has 0 saturated carbocycles. The number of carbonyl (C=O) groups excluding carboxylic acids is 1. The zero-order chi connectivity index (χ0) is 20.9. The maximum Gasteiger partial charge on any atom is 0.282 e. The van der Waals surface area contributed by atoms with E-state index >= 15 is 0 Å². The van der Waals surface area contributed by atoms with E-state index in [1.807, 2.05) is 18.7 Å². The van der Waals surface area contributed by atoms with Gasteiger partial charge in [-0.3, -0.25) is 4.79 Å². The Morgan fingerprint density at radius 1 is 1.03 bits per heavy atom. The van der Waals surface area contributed by atoms with E-state index in [0.29, 0.717) is 45.9 Å². The third-order valence-corrected chi connectivity index (χ3v) is 8.27. The second kappa shape index (κ2) is 10.5. The number of ether oxygens (including phenoxy) is 1. The van der Waals surface area contributed by atoms with Crippen LogP contribution in [0.25, 0.3) is 0 Å². The third kappa shape index (κ3) is 5.91. The predicted molar refractivity (Wildman–Crippen MR) is 113 cm³/mol. The topological polar surface area (TPSA) is 73.4 Å². The first-order valence-corrected chi connectivity index (χ1v) is 12.6. The van der Waals surface area contributed by atoms with Gasteiger partial charge in [-0.05, 0) is 51.7 Å². The molecular formula is C20H38N4O4S. The minimum atomic E-state index is -3.49. The van der Waals surface area contributed by atoms with E-state index in [1.165, 1.54) is 17.1 Å². The first-order chi connectivity index (χ1) is 13.9. The fraction of sp³-hybridized carbons (Fsp3) is 0.950. The lowest BCUT2D eigenvalue weighted by atomic mass is 10.0. The molecule has 0 aliphatic carbocycles. The maximum atomic E-state index is 13.1. The van der Waals surface area contributed by atoms with Gasteiger partial charge in [-0.1, -0.05) is 13.8 Å². The van der Waals surface area contributed by atoms with E-state index in [2.05, 4.69) is 4.90 Å². The van der Waals surface area contributed by atoms with Crippen LogP contribution in [0.5, 0.6) is 0 Å². The van der Waals surface area contributed by atoms with Crippen molar-refractivity contribution in [3.63, 3.8) is 0 Å². The predicted octanol–water partition coefficient (Wildman–Crippen LogP) is 0.998. The Morgan fingerprint density at radius 3 is 2.38 bits per heavy atom. The van der Waals surface area contributed by atoms with E-state index in [1.54, 1.807) is 4.31 Å². The second-order valence-electron chi connectivity index (χ2n) is 8.76. The van der Waals surface area contributed by atoms with Crippen LogP contribution in [0.4, 0.5) is 0 Å². The molecule has 168 valence electrons. The molecule has 3 aliphatic rings. The monoisotopic (exact) mass is 430 g/mol. The van der Waals surface area contributed by atoms with Crippen molar-refractivity contribution in [3.8, 4) is 0 Å². The number of amides is 1. The molecule has 0 aromatic rings. The third-order valence-electron chi connectivity index (χ3n) is 6.27. The van der Waals surface area contributed by atoms with Crippen molar-refractivity contribution in [2.24, 2.45) is 5.92 Å². The van der Waals surface area contributed by atoms with Gasteiger partial charge >= 0.3 is 0 Å². The van der Waals surface area contributed by atoms with Gasteiger partial charge in [-0.15, -0.1) is 0 Å². The zero-order valence-electron chi connectivity index (χ0n) is 18.1. The van der Waals surface area contributed by atoms with Crippen LogP contribution in [0.3, 0.4) is 0 Å². The Morgan fingerprint density at radius 2 is 1.72 bits per heavy atom. The van der Waals surface area contributed by atoms with Crippen molar-refractivity contribution in [2.45, 2.75) is 52.0 Å². The smallest absolute Gasteiger partial charge is 0.282 e. The van der Waals surface area contributed by atoms with Crippen LogP contribution in [-0.4, -0.2) is 104 Å². The molecule has 0 N–H and O–H groups in total. The number of piperidine rings is 1. The molecule has 3 rings (SSSR count). The number of hydrogen-bond donors (Lipinski definition) is 0. The van der Waals surface area contributed by atoms with Crippen molar-refractivity contribution < 1.29 is 17.9 Å². The van der Waals surface area contributed by atoms with Crippen molar-refractivity contribution in [3.05, 3.63) is 0 Å². The zero-order valence-corrected chi connectivity index (χ0v) is 18.9. The summed E-state index contributed by atoms with van der Waals surface area (Å²) in [4.78, 5) is 17.4. The number of hydrogen-bond acceptors (Lipinski definition) is 5. The van der Waals surface area contributed by atoms with E-state index in [9.17, 15) is 13.2 Å². The van der Waals surface area contributed by atoms with Gasteiger partial charge in [0.1, 0.15) is 0 Å². The van der Waals surface area contributed by atoms with Crippen LogP contribution in [0, 0.1) is 5.92 Å². The van der Waals surface area contributed by atoms with Crippen LogP contribution >= 0.6 is 0 Å². The van der Waals surface area contributed by atoms with Crippen LogP contribution in [0.2, 0.25) is 0 Å². The van der Waals surface area contributed by atoms with Gasteiger partial charge in [0.25, 0.3) is 10.2 Å². The summed E-state index contributed by atoms with van der Waals surface area (Å²) in [6, 6.07) is -0.0342. The average molecular weight is 431 g/mol. The van der Waals surface area contributed by atoms with Crippen LogP contribution in [0.1, 0.15) is 46.0 Å². The quantitative estimate of drug-likeness (QED) is 0.574. The molecule has 3 saturated heterocycles. The fourth-order valence-corrected chi connectivity index (χ4v) is 6.26. The summed E-state index contributed by atoms with van der Waals surface area (Å²) >= 11 is 0. The molecule has 9 heteroatoms. The Hall–Kier alpha value is -0.740. The van der Waals surface area contributed by atoms with Gasteiger partial charge < -0.3 is 14.5 Å². The summed E-state index contributed by atoms with van der Waals surface area (Å²) in [6.07, 6.45) is 5.15. The van der Waals surface area contributed by atoms with E-state index in [0.717, 1.165) is 38.9 Å². The Kier molecular flexibility index (Phi) is 8.32. The fourth-order valence-electron chi connectivity index (χ4n) is 4.60. The maximum absolute atomic E-state index is 13.1. The van der Waals surface area contributed by atoms with Crippen LogP contribution in [-0.2, 0) is 19.7 Å². The average Bonchev–Trinajstić information content (AvgIpc) is 3.25. The van der Waals surface area contributed by atoms with Crippen molar-refractivity contribution in [2.75, 3.05) is 65.6 Å². The lowest BCUT2D eigenvalue weighted by Crippen LogP contribution is -2.56. The molecule has 0 bridgehead atoms. The van der Waals surface area contributed by atoms with Crippen molar-refractivity contribution in [1.82, 2.24) is 18.4 Å². The molecule has 3 fully saturated rings. The Labute approximate surface area is 176 Å². The van der Waals surface area contributed by atoms with Crippen LogP contribution < -0.4 is 0 Å². The molecule has 3 aliphatic heterocycles. The molecule has 1 atom stereocenters. The number of morpholine rings is 1. The largest absolute Gasteiger partial charge is 0.379 e. The van der Waals surface area contributed by atoms with Gasteiger partial charge in [-0.25, -0.2) is 0 Å². The Balaban J connectivity index is 1.63. The van der Waals surface area contributed by atoms with Gasteiger partial charge in [-0.2, -0.15) is 17.0 Å². The van der Waals surface area contributed by atoms with E-state index < -0.39 is 10.2 Å². The minimum Gasteiger partial charge on any atom is -0.379 e. The summed E-state index contributed by atoms with van der Waals surface area (Å²) in [7, 11) is -3.49. The van der Waals surface area contributed by atoms with Crippen molar-refractivity contribution in [1.29, 1.82) is 0 Å². The summed E-state index contributed by atoms with van der Waals surface area (Å²) in [5.41, 5.74) is 0. The number of nitrogens with zero attached hydrogens (tertiary/aromatic N) is 4. The highest BCUT2D eigenvalue weighted by Gasteiger charge is 2.37. The molecule has 3 heterocycles. The molecule has 29 heavy (non-hydrogen) atoms. The molecule has 8 nitrogen and oxygen atoms in total. The highest BCUT2D eigenvalue weighted by Crippen LogP contribution is 2.23. The van der Waals surface area contributed by atoms with Crippen LogP contribution in [0.15, 0.2) is 0 Å².